The quantitative estimate of drug-likeness (QED) is 0.810. The topological polar surface area (TPSA) is 80.0 Å². The largest absolute Gasteiger partial charge is 0.478 e. The second kappa shape index (κ2) is 7.11. The average molecular weight is 347 g/mol. The summed E-state index contributed by atoms with van der Waals surface area (Å²) in [5.41, 5.74) is 0.762. The fourth-order valence-electron chi connectivity index (χ4n) is 2.48. The number of likely N-dealkylation sites (tertiary alicyclic amines) is 1. The van der Waals surface area contributed by atoms with E-state index in [4.69, 9.17) is 14.3 Å². The highest BCUT2D eigenvalue weighted by atomic mass is 32.2. The zero-order chi connectivity index (χ0) is 17.1. The predicted octanol–water partition coefficient (Wildman–Crippen LogP) is 2.74. The highest BCUT2D eigenvalue weighted by Crippen LogP contribution is 2.29. The van der Waals surface area contributed by atoms with E-state index in [1.807, 2.05) is 18.2 Å². The summed E-state index contributed by atoms with van der Waals surface area (Å²) in [4.78, 5) is 26.2. The molecular formula is C17H17NO5S. The molecule has 6 nitrogen and oxygen atoms in total. The molecule has 2 aromatic rings. The Morgan fingerprint density at radius 1 is 1.29 bits per heavy atom. The van der Waals surface area contributed by atoms with Crippen LogP contribution in [-0.2, 0) is 10.5 Å². The van der Waals surface area contributed by atoms with Crippen molar-refractivity contribution >= 4 is 23.6 Å². The molecule has 24 heavy (non-hydrogen) atoms. The first kappa shape index (κ1) is 16.6. The summed E-state index contributed by atoms with van der Waals surface area (Å²) < 4.78 is 10.4. The highest BCUT2D eigenvalue weighted by molar-refractivity contribution is 7.98. The van der Waals surface area contributed by atoms with Gasteiger partial charge in [-0.3, -0.25) is 4.79 Å². The molecule has 1 N–H and O–H groups in total. The van der Waals surface area contributed by atoms with E-state index in [0.29, 0.717) is 30.2 Å². The molecule has 2 heterocycles. The lowest BCUT2D eigenvalue weighted by Gasteiger charge is -2.38. The second-order valence-corrected chi connectivity index (χ2v) is 6.43. The third-order valence-corrected chi connectivity index (χ3v) is 4.99. The standard InChI is InChI=1S/C17H17NO5S/c1-22-11-8-18(9-11)16(19)13-4-2-3-5-15(13)24-10-14-12(17(20)21)6-7-23-14/h2-7,11H,8-10H2,1H3,(H,20,21). The Kier molecular flexibility index (Phi) is 4.92. The lowest BCUT2D eigenvalue weighted by atomic mass is 10.1. The Hall–Kier alpha value is -2.25. The summed E-state index contributed by atoms with van der Waals surface area (Å²) in [5, 5.41) is 9.11. The third-order valence-electron chi connectivity index (χ3n) is 3.92. The van der Waals surface area contributed by atoms with Gasteiger partial charge in [-0.25, -0.2) is 4.79 Å². The molecule has 0 unspecified atom stereocenters. The molecule has 1 amide bonds. The van der Waals surface area contributed by atoms with Gasteiger partial charge in [-0.15, -0.1) is 11.8 Å². The van der Waals surface area contributed by atoms with E-state index in [0.717, 1.165) is 4.90 Å². The first-order valence-electron chi connectivity index (χ1n) is 7.43. The number of ether oxygens (including phenoxy) is 1. The first-order chi connectivity index (χ1) is 11.6. The van der Waals surface area contributed by atoms with Gasteiger partial charge in [0.15, 0.2) is 0 Å². The molecule has 1 fully saturated rings. The zero-order valence-electron chi connectivity index (χ0n) is 13.1. The van der Waals surface area contributed by atoms with Crippen molar-refractivity contribution in [2.24, 2.45) is 0 Å². The second-order valence-electron chi connectivity index (χ2n) is 5.42. The summed E-state index contributed by atoms with van der Waals surface area (Å²) in [6.07, 6.45) is 1.47. The number of thioether (sulfide) groups is 1. The van der Waals surface area contributed by atoms with Crippen LogP contribution >= 0.6 is 11.8 Å². The summed E-state index contributed by atoms with van der Waals surface area (Å²) >= 11 is 1.39. The molecule has 0 spiro atoms. The first-order valence-corrected chi connectivity index (χ1v) is 8.42. The number of hydrogen-bond donors (Lipinski definition) is 1. The van der Waals surface area contributed by atoms with Gasteiger partial charge in [-0.05, 0) is 18.2 Å². The molecule has 0 aliphatic carbocycles. The van der Waals surface area contributed by atoms with Gasteiger partial charge in [-0.2, -0.15) is 0 Å². The molecular weight excluding hydrogens is 330 g/mol. The lowest BCUT2D eigenvalue weighted by molar-refractivity contribution is -0.0193. The van der Waals surface area contributed by atoms with Crippen LogP contribution in [0.2, 0.25) is 0 Å². The maximum Gasteiger partial charge on any atom is 0.339 e. The molecule has 1 aliphatic rings. The van der Waals surface area contributed by atoms with Gasteiger partial charge in [0.25, 0.3) is 5.91 Å². The number of methoxy groups -OCH3 is 1. The highest BCUT2D eigenvalue weighted by Gasteiger charge is 2.32. The number of carboxylic acids is 1. The molecule has 7 heteroatoms. The smallest absolute Gasteiger partial charge is 0.339 e. The monoisotopic (exact) mass is 347 g/mol. The van der Waals surface area contributed by atoms with Crippen LogP contribution in [0, 0.1) is 0 Å². The minimum Gasteiger partial charge on any atom is -0.478 e. The Bertz CT molecular complexity index is 751. The molecule has 1 aliphatic heterocycles. The van der Waals surface area contributed by atoms with Crippen LogP contribution < -0.4 is 0 Å². The van der Waals surface area contributed by atoms with E-state index >= 15 is 0 Å². The summed E-state index contributed by atoms with van der Waals surface area (Å²) in [6, 6.07) is 8.74. The van der Waals surface area contributed by atoms with Gasteiger partial charge < -0.3 is 19.2 Å². The number of rotatable bonds is 6. The maximum atomic E-state index is 12.6. The van der Waals surface area contributed by atoms with Crippen molar-refractivity contribution in [1.29, 1.82) is 0 Å². The Morgan fingerprint density at radius 2 is 2.04 bits per heavy atom. The van der Waals surface area contributed by atoms with Crippen LogP contribution in [-0.4, -0.2) is 48.2 Å². The molecule has 126 valence electrons. The van der Waals surface area contributed by atoms with Crippen molar-refractivity contribution in [3.05, 3.63) is 53.5 Å². The third kappa shape index (κ3) is 3.32. The number of carbonyl (C=O) groups excluding carboxylic acids is 1. The van der Waals surface area contributed by atoms with Crippen LogP contribution in [0.5, 0.6) is 0 Å². The van der Waals surface area contributed by atoms with Crippen molar-refractivity contribution in [2.45, 2.75) is 16.8 Å². The molecule has 1 saturated heterocycles. The zero-order valence-corrected chi connectivity index (χ0v) is 13.9. The van der Waals surface area contributed by atoms with Gasteiger partial charge in [0.05, 0.1) is 23.7 Å². The number of benzene rings is 1. The van der Waals surface area contributed by atoms with Crippen molar-refractivity contribution in [3.8, 4) is 0 Å². The van der Waals surface area contributed by atoms with Crippen molar-refractivity contribution in [3.63, 3.8) is 0 Å². The number of hydrogen-bond acceptors (Lipinski definition) is 5. The van der Waals surface area contributed by atoms with Gasteiger partial charge >= 0.3 is 5.97 Å². The number of carbonyl (C=O) groups is 2. The van der Waals surface area contributed by atoms with E-state index < -0.39 is 5.97 Å². The fourth-order valence-corrected chi connectivity index (χ4v) is 3.47. The van der Waals surface area contributed by atoms with Crippen LogP contribution in [0.3, 0.4) is 0 Å². The predicted molar refractivity (Wildman–Crippen MR) is 88.4 cm³/mol. The van der Waals surface area contributed by atoms with Gasteiger partial charge in [-0.1, -0.05) is 12.1 Å². The van der Waals surface area contributed by atoms with Crippen LogP contribution in [0.15, 0.2) is 45.9 Å². The van der Waals surface area contributed by atoms with Gasteiger partial charge in [0.2, 0.25) is 0 Å². The summed E-state index contributed by atoms with van der Waals surface area (Å²) in [7, 11) is 1.64. The Balaban J connectivity index is 1.71. The summed E-state index contributed by atoms with van der Waals surface area (Å²) in [6.45, 7) is 1.19. The molecule has 3 rings (SSSR count). The normalized spacial score (nSPS) is 14.5. The minimum absolute atomic E-state index is 0.0377. The number of nitrogens with zero attached hydrogens (tertiary/aromatic N) is 1. The van der Waals surface area contributed by atoms with E-state index in [1.165, 1.54) is 24.1 Å². The van der Waals surface area contributed by atoms with Gasteiger partial charge in [0.1, 0.15) is 11.3 Å². The molecule has 1 aromatic carbocycles. The lowest BCUT2D eigenvalue weighted by Crippen LogP contribution is -2.54. The molecule has 0 saturated carbocycles. The molecule has 0 bridgehead atoms. The number of carboxylic acid groups (broad SMARTS) is 1. The van der Waals surface area contributed by atoms with Gasteiger partial charge in [0, 0.05) is 25.1 Å². The van der Waals surface area contributed by atoms with Crippen LogP contribution in [0.4, 0.5) is 0 Å². The van der Waals surface area contributed by atoms with E-state index in [1.54, 1.807) is 18.1 Å². The van der Waals surface area contributed by atoms with Crippen molar-refractivity contribution < 1.29 is 23.8 Å². The van der Waals surface area contributed by atoms with Crippen molar-refractivity contribution in [1.82, 2.24) is 4.90 Å². The Labute approximate surface area is 143 Å². The van der Waals surface area contributed by atoms with Crippen LogP contribution in [0.25, 0.3) is 0 Å². The maximum absolute atomic E-state index is 12.6. The number of aromatic carboxylic acids is 1. The molecule has 1 aromatic heterocycles. The fraction of sp³-hybridized carbons (Fsp3) is 0.294. The van der Waals surface area contributed by atoms with Crippen molar-refractivity contribution in [2.75, 3.05) is 20.2 Å². The minimum atomic E-state index is -1.02. The number of amides is 1. The van der Waals surface area contributed by atoms with E-state index in [2.05, 4.69) is 0 Å². The average Bonchev–Trinajstić information content (AvgIpc) is 3.01. The van der Waals surface area contributed by atoms with E-state index in [-0.39, 0.29) is 17.6 Å². The van der Waals surface area contributed by atoms with Crippen LogP contribution in [0.1, 0.15) is 26.5 Å². The molecule has 0 radical (unpaired) electrons. The SMILES string of the molecule is COC1CN(C(=O)c2ccccc2SCc2occc2C(=O)O)C1. The Morgan fingerprint density at radius 3 is 2.75 bits per heavy atom. The van der Waals surface area contributed by atoms with E-state index in [9.17, 15) is 9.59 Å². The number of furan rings is 1. The molecule has 0 atom stereocenters. The summed E-state index contributed by atoms with van der Waals surface area (Å²) in [5.74, 6) is -0.322.